The third kappa shape index (κ3) is 4.84. The SMILES string of the molecule is CCc1ccc(NC(=O)CC(=O)NC2CCS(=O)(=O)C2)cc1. The second-order valence-electron chi connectivity index (χ2n) is 5.44. The van der Waals surface area contributed by atoms with Crippen molar-refractivity contribution in [3.63, 3.8) is 0 Å². The molecule has 1 saturated heterocycles. The summed E-state index contributed by atoms with van der Waals surface area (Å²) in [4.78, 5) is 23.5. The topological polar surface area (TPSA) is 92.3 Å². The van der Waals surface area contributed by atoms with Gasteiger partial charge in [0.1, 0.15) is 6.42 Å². The zero-order valence-electron chi connectivity index (χ0n) is 12.5. The van der Waals surface area contributed by atoms with Crippen molar-refractivity contribution in [2.75, 3.05) is 16.8 Å². The highest BCUT2D eigenvalue weighted by Gasteiger charge is 2.29. The lowest BCUT2D eigenvalue weighted by Crippen LogP contribution is -2.37. The maximum Gasteiger partial charge on any atom is 0.233 e. The predicted octanol–water partition coefficient (Wildman–Crippen LogP) is 0.881. The van der Waals surface area contributed by atoms with Crippen LogP contribution in [0.3, 0.4) is 0 Å². The van der Waals surface area contributed by atoms with Crippen molar-refractivity contribution in [3.8, 4) is 0 Å². The monoisotopic (exact) mass is 324 g/mol. The van der Waals surface area contributed by atoms with Crippen LogP contribution in [0.15, 0.2) is 24.3 Å². The number of rotatable bonds is 5. The Kier molecular flexibility index (Phi) is 5.18. The summed E-state index contributed by atoms with van der Waals surface area (Å²) >= 11 is 0. The second-order valence-corrected chi connectivity index (χ2v) is 7.67. The van der Waals surface area contributed by atoms with Crippen LogP contribution in [0.2, 0.25) is 0 Å². The molecule has 7 heteroatoms. The molecule has 120 valence electrons. The van der Waals surface area contributed by atoms with Gasteiger partial charge in [-0.3, -0.25) is 9.59 Å². The Balaban J connectivity index is 1.80. The number of carbonyl (C=O) groups excluding carboxylic acids is 2. The van der Waals surface area contributed by atoms with Crippen LogP contribution in [-0.4, -0.2) is 37.8 Å². The van der Waals surface area contributed by atoms with Crippen LogP contribution in [0.25, 0.3) is 0 Å². The number of carbonyl (C=O) groups is 2. The highest BCUT2D eigenvalue weighted by molar-refractivity contribution is 7.91. The number of aryl methyl sites for hydroxylation is 1. The molecule has 0 aliphatic carbocycles. The lowest BCUT2D eigenvalue weighted by Gasteiger charge is -2.11. The molecule has 2 rings (SSSR count). The molecule has 0 bridgehead atoms. The average molecular weight is 324 g/mol. The second kappa shape index (κ2) is 6.91. The summed E-state index contributed by atoms with van der Waals surface area (Å²) in [7, 11) is -3.04. The highest BCUT2D eigenvalue weighted by Crippen LogP contribution is 2.12. The minimum Gasteiger partial charge on any atom is -0.352 e. The van der Waals surface area contributed by atoms with Gasteiger partial charge < -0.3 is 10.6 Å². The first-order valence-corrected chi connectivity index (χ1v) is 9.08. The van der Waals surface area contributed by atoms with Crippen LogP contribution in [0.4, 0.5) is 5.69 Å². The lowest BCUT2D eigenvalue weighted by atomic mass is 10.1. The van der Waals surface area contributed by atoms with E-state index in [2.05, 4.69) is 10.6 Å². The highest BCUT2D eigenvalue weighted by atomic mass is 32.2. The van der Waals surface area contributed by atoms with Gasteiger partial charge in [0.25, 0.3) is 0 Å². The normalized spacial score (nSPS) is 19.6. The Morgan fingerprint density at radius 1 is 1.18 bits per heavy atom. The summed E-state index contributed by atoms with van der Waals surface area (Å²) < 4.78 is 22.6. The van der Waals surface area contributed by atoms with E-state index in [-0.39, 0.29) is 24.0 Å². The van der Waals surface area contributed by atoms with E-state index in [1.807, 2.05) is 19.1 Å². The van der Waals surface area contributed by atoms with Crippen molar-refractivity contribution in [1.82, 2.24) is 5.32 Å². The van der Waals surface area contributed by atoms with Gasteiger partial charge >= 0.3 is 0 Å². The molecule has 1 aliphatic rings. The lowest BCUT2D eigenvalue weighted by molar-refractivity contribution is -0.127. The van der Waals surface area contributed by atoms with E-state index in [1.54, 1.807) is 12.1 Å². The third-order valence-corrected chi connectivity index (χ3v) is 5.33. The van der Waals surface area contributed by atoms with Crippen molar-refractivity contribution in [2.24, 2.45) is 0 Å². The van der Waals surface area contributed by atoms with Crippen molar-refractivity contribution < 1.29 is 18.0 Å². The zero-order valence-corrected chi connectivity index (χ0v) is 13.3. The smallest absolute Gasteiger partial charge is 0.233 e. The number of hydrogen-bond acceptors (Lipinski definition) is 4. The molecular formula is C15H20N2O4S. The Labute approximate surface area is 130 Å². The van der Waals surface area contributed by atoms with E-state index >= 15 is 0 Å². The van der Waals surface area contributed by atoms with Crippen LogP contribution >= 0.6 is 0 Å². The van der Waals surface area contributed by atoms with Gasteiger partial charge in [0.2, 0.25) is 11.8 Å². The number of amides is 2. The number of benzene rings is 1. The molecule has 1 unspecified atom stereocenters. The molecule has 2 amide bonds. The van der Waals surface area contributed by atoms with Gasteiger partial charge in [-0.15, -0.1) is 0 Å². The van der Waals surface area contributed by atoms with Crippen LogP contribution in [0.1, 0.15) is 25.3 Å². The Bertz CT molecular complexity index is 653. The quantitative estimate of drug-likeness (QED) is 0.787. The summed E-state index contributed by atoms with van der Waals surface area (Å²) in [6.07, 6.45) is 1.02. The molecule has 0 aromatic heterocycles. The van der Waals surface area contributed by atoms with E-state index in [0.717, 1.165) is 12.0 Å². The fourth-order valence-electron chi connectivity index (χ4n) is 2.36. The van der Waals surface area contributed by atoms with Gasteiger partial charge in [0.05, 0.1) is 11.5 Å². The van der Waals surface area contributed by atoms with E-state index in [1.165, 1.54) is 0 Å². The number of anilines is 1. The van der Waals surface area contributed by atoms with Gasteiger partial charge in [0.15, 0.2) is 9.84 Å². The fraction of sp³-hybridized carbons (Fsp3) is 0.467. The molecule has 1 aromatic carbocycles. The Morgan fingerprint density at radius 2 is 1.86 bits per heavy atom. The fourth-order valence-corrected chi connectivity index (χ4v) is 4.04. The summed E-state index contributed by atoms with van der Waals surface area (Å²) in [6.45, 7) is 2.04. The summed E-state index contributed by atoms with van der Waals surface area (Å²) in [6, 6.07) is 7.03. The van der Waals surface area contributed by atoms with Crippen LogP contribution < -0.4 is 10.6 Å². The van der Waals surface area contributed by atoms with E-state index in [4.69, 9.17) is 0 Å². The molecule has 2 N–H and O–H groups in total. The standard InChI is InChI=1S/C15H20N2O4S/c1-2-11-3-5-12(6-4-11)16-14(18)9-15(19)17-13-7-8-22(20,21)10-13/h3-6,13H,2,7-10H2,1H3,(H,16,18)(H,17,19). The summed E-state index contributed by atoms with van der Waals surface area (Å²) in [5.41, 5.74) is 1.80. The van der Waals surface area contributed by atoms with E-state index in [0.29, 0.717) is 12.1 Å². The van der Waals surface area contributed by atoms with Crippen LogP contribution in [-0.2, 0) is 25.8 Å². The number of hydrogen-bond donors (Lipinski definition) is 2. The zero-order chi connectivity index (χ0) is 16.2. The van der Waals surface area contributed by atoms with E-state index in [9.17, 15) is 18.0 Å². The third-order valence-electron chi connectivity index (χ3n) is 3.56. The first-order chi connectivity index (χ1) is 10.4. The Hall–Kier alpha value is -1.89. The van der Waals surface area contributed by atoms with Crippen LogP contribution in [0, 0.1) is 0 Å². The molecule has 6 nitrogen and oxygen atoms in total. The van der Waals surface area contributed by atoms with Crippen LogP contribution in [0.5, 0.6) is 0 Å². The first kappa shape index (κ1) is 16.5. The molecular weight excluding hydrogens is 304 g/mol. The molecule has 0 saturated carbocycles. The molecule has 1 aromatic rings. The molecule has 22 heavy (non-hydrogen) atoms. The molecule has 1 heterocycles. The number of sulfone groups is 1. The predicted molar refractivity (Wildman–Crippen MR) is 84.3 cm³/mol. The number of nitrogens with one attached hydrogen (secondary N) is 2. The molecule has 1 fully saturated rings. The maximum atomic E-state index is 11.8. The maximum absolute atomic E-state index is 11.8. The van der Waals surface area contributed by atoms with Gasteiger partial charge in [-0.05, 0) is 30.5 Å². The minimum absolute atomic E-state index is 0.0428. The van der Waals surface area contributed by atoms with Gasteiger partial charge in [-0.1, -0.05) is 19.1 Å². The average Bonchev–Trinajstić information content (AvgIpc) is 2.78. The largest absolute Gasteiger partial charge is 0.352 e. The minimum atomic E-state index is -3.04. The van der Waals surface area contributed by atoms with Gasteiger partial charge in [-0.2, -0.15) is 0 Å². The summed E-state index contributed by atoms with van der Waals surface area (Å²) in [5, 5.41) is 5.24. The van der Waals surface area contributed by atoms with Gasteiger partial charge in [0, 0.05) is 11.7 Å². The molecule has 1 atom stereocenters. The molecule has 0 spiro atoms. The molecule has 1 aliphatic heterocycles. The van der Waals surface area contributed by atoms with Crippen molar-refractivity contribution >= 4 is 27.3 Å². The van der Waals surface area contributed by atoms with Gasteiger partial charge in [-0.25, -0.2) is 8.42 Å². The van der Waals surface area contributed by atoms with Crippen molar-refractivity contribution in [3.05, 3.63) is 29.8 Å². The Morgan fingerprint density at radius 3 is 2.41 bits per heavy atom. The van der Waals surface area contributed by atoms with E-state index < -0.39 is 21.7 Å². The van der Waals surface area contributed by atoms with Crippen molar-refractivity contribution in [2.45, 2.75) is 32.2 Å². The van der Waals surface area contributed by atoms with Crippen molar-refractivity contribution in [1.29, 1.82) is 0 Å². The summed E-state index contributed by atoms with van der Waals surface area (Å²) in [5.74, 6) is -0.820. The molecule has 0 radical (unpaired) electrons. The first-order valence-electron chi connectivity index (χ1n) is 7.26.